The van der Waals surface area contributed by atoms with Gasteiger partial charge in [-0.15, -0.1) is 0 Å². The summed E-state index contributed by atoms with van der Waals surface area (Å²) in [5, 5.41) is 6.59. The topological polar surface area (TPSA) is 72.0 Å². The maximum absolute atomic E-state index is 5.82. The molecule has 0 amide bonds. The minimum absolute atomic E-state index is 0.549. The first kappa shape index (κ1) is 15.4. The van der Waals surface area contributed by atoms with E-state index in [-0.39, 0.29) is 0 Å². The van der Waals surface area contributed by atoms with Crippen molar-refractivity contribution in [3.63, 3.8) is 0 Å². The number of benzene rings is 1. The second-order valence-electron chi connectivity index (χ2n) is 5.83. The van der Waals surface area contributed by atoms with Gasteiger partial charge in [-0.1, -0.05) is 6.07 Å². The molecule has 4 rings (SSSR count). The highest BCUT2D eigenvalue weighted by molar-refractivity contribution is 5.65. The highest BCUT2D eigenvalue weighted by Crippen LogP contribution is 2.23. The third kappa shape index (κ3) is 3.85. The van der Waals surface area contributed by atoms with Gasteiger partial charge in [0, 0.05) is 36.3 Å². The van der Waals surface area contributed by atoms with Gasteiger partial charge in [-0.2, -0.15) is 0 Å². The molecule has 0 aliphatic carbocycles. The molecule has 3 aromatic rings. The van der Waals surface area contributed by atoms with E-state index in [1.165, 1.54) is 0 Å². The molecule has 0 spiro atoms. The van der Waals surface area contributed by atoms with Crippen molar-refractivity contribution < 1.29 is 4.74 Å². The minimum Gasteiger partial charge on any atom is -0.494 e. The molecule has 3 heterocycles. The van der Waals surface area contributed by atoms with Crippen LogP contribution in [0.4, 0.5) is 17.5 Å². The predicted molar refractivity (Wildman–Crippen MR) is 98.2 cm³/mol. The Hall–Kier alpha value is -3.15. The minimum atomic E-state index is 0.549. The van der Waals surface area contributed by atoms with E-state index in [1.54, 1.807) is 12.4 Å². The van der Waals surface area contributed by atoms with Crippen LogP contribution in [0.25, 0.3) is 11.3 Å². The van der Waals surface area contributed by atoms with Crippen molar-refractivity contribution in [3.8, 4) is 17.0 Å². The number of pyridine rings is 1. The fraction of sp³-hybridized carbons (Fsp3) is 0.211. The van der Waals surface area contributed by atoms with Crippen molar-refractivity contribution in [2.24, 2.45) is 0 Å². The molecule has 0 saturated heterocycles. The number of anilines is 3. The highest BCUT2D eigenvalue weighted by Gasteiger charge is 2.06. The fourth-order valence-corrected chi connectivity index (χ4v) is 2.69. The van der Waals surface area contributed by atoms with Crippen LogP contribution in [0, 0.1) is 0 Å². The third-order valence-electron chi connectivity index (χ3n) is 3.95. The molecule has 0 saturated carbocycles. The van der Waals surface area contributed by atoms with Crippen molar-refractivity contribution in [3.05, 3.63) is 54.9 Å². The van der Waals surface area contributed by atoms with Crippen LogP contribution in [0.2, 0.25) is 0 Å². The van der Waals surface area contributed by atoms with E-state index in [0.29, 0.717) is 12.6 Å². The van der Waals surface area contributed by atoms with Crippen LogP contribution in [-0.2, 0) is 0 Å². The zero-order chi connectivity index (χ0) is 16.9. The van der Waals surface area contributed by atoms with Gasteiger partial charge in [0.15, 0.2) is 0 Å². The number of ether oxygens (including phenoxy) is 1. The molecule has 2 N–H and O–H groups in total. The fourth-order valence-electron chi connectivity index (χ4n) is 2.69. The lowest BCUT2D eigenvalue weighted by molar-refractivity contribution is 0.308. The van der Waals surface area contributed by atoms with Crippen LogP contribution in [0.1, 0.15) is 12.8 Å². The smallest absolute Gasteiger partial charge is 0.227 e. The first-order valence-electron chi connectivity index (χ1n) is 8.40. The molecule has 6 heteroatoms. The average Bonchev–Trinajstić information content (AvgIpc) is 2.65. The first-order chi connectivity index (χ1) is 12.4. The van der Waals surface area contributed by atoms with Crippen LogP contribution >= 0.6 is 0 Å². The van der Waals surface area contributed by atoms with Crippen molar-refractivity contribution >= 4 is 17.5 Å². The first-order valence-corrected chi connectivity index (χ1v) is 8.40. The van der Waals surface area contributed by atoms with Crippen molar-refractivity contribution in [1.29, 1.82) is 0 Å². The van der Waals surface area contributed by atoms with Crippen LogP contribution in [0.15, 0.2) is 54.9 Å². The molecule has 2 aromatic heterocycles. The molecule has 1 aliphatic rings. The molecule has 0 atom stereocenters. The normalized spacial score (nSPS) is 13.9. The van der Waals surface area contributed by atoms with Gasteiger partial charge in [-0.3, -0.25) is 0 Å². The number of hydrogen-bond acceptors (Lipinski definition) is 6. The molecule has 25 heavy (non-hydrogen) atoms. The lowest BCUT2D eigenvalue weighted by atomic mass is 10.2. The number of nitrogens with zero attached hydrogens (tertiary/aromatic N) is 3. The van der Waals surface area contributed by atoms with Gasteiger partial charge in [0.1, 0.15) is 11.6 Å². The molecular weight excluding hydrogens is 314 g/mol. The maximum Gasteiger partial charge on any atom is 0.227 e. The number of nitrogens with one attached hydrogen (secondary N) is 2. The predicted octanol–water partition coefficient (Wildman–Crippen LogP) is 3.87. The van der Waals surface area contributed by atoms with Gasteiger partial charge in [0.25, 0.3) is 0 Å². The van der Waals surface area contributed by atoms with Crippen molar-refractivity contribution in [2.75, 3.05) is 23.8 Å². The van der Waals surface area contributed by atoms with Gasteiger partial charge < -0.3 is 15.4 Å². The molecule has 0 fully saturated rings. The lowest BCUT2D eigenvalue weighted by Gasteiger charge is -2.12. The standard InChI is InChI=1S/C19H19N5O/c1-2-11-25-16-5-3-4-15(13-16)23-19-22-10-7-17(24-19)14-6-9-21-18(12-14)20-8-1/h3-7,9-10,12-13H,1-2,8,11H2,(H,20,21)(H,22,23,24). The zero-order valence-corrected chi connectivity index (χ0v) is 13.8. The molecule has 0 unspecified atom stereocenters. The number of hydrogen-bond donors (Lipinski definition) is 2. The van der Waals surface area contributed by atoms with Gasteiger partial charge in [-0.05, 0) is 43.2 Å². The Kier molecular flexibility index (Phi) is 4.41. The molecule has 126 valence electrons. The molecule has 0 radical (unpaired) electrons. The van der Waals surface area contributed by atoms with Crippen molar-refractivity contribution in [2.45, 2.75) is 12.8 Å². The van der Waals surface area contributed by atoms with E-state index in [1.807, 2.05) is 42.5 Å². The maximum atomic E-state index is 5.82. The van der Waals surface area contributed by atoms with Crippen LogP contribution in [0.5, 0.6) is 5.75 Å². The Labute approximate surface area is 146 Å². The SMILES string of the molecule is c1cc2cc(c1)OCCCCNc1cc(ccn1)-c1ccnc(n1)N2. The Bertz CT molecular complexity index is 868. The molecule has 6 bridgehead atoms. The summed E-state index contributed by atoms with van der Waals surface area (Å²) in [4.78, 5) is 13.3. The molecular formula is C19H19N5O. The van der Waals surface area contributed by atoms with Gasteiger partial charge >= 0.3 is 0 Å². The van der Waals surface area contributed by atoms with E-state index in [9.17, 15) is 0 Å². The molecule has 1 aromatic carbocycles. The quantitative estimate of drug-likeness (QED) is 0.651. The summed E-state index contributed by atoms with van der Waals surface area (Å²) in [6.45, 7) is 1.54. The van der Waals surface area contributed by atoms with E-state index >= 15 is 0 Å². The summed E-state index contributed by atoms with van der Waals surface area (Å²) < 4.78 is 5.82. The summed E-state index contributed by atoms with van der Waals surface area (Å²) in [5.74, 6) is 2.24. The summed E-state index contributed by atoms with van der Waals surface area (Å²) >= 11 is 0. The summed E-state index contributed by atoms with van der Waals surface area (Å²) in [6.07, 6.45) is 5.54. The van der Waals surface area contributed by atoms with Crippen molar-refractivity contribution in [1.82, 2.24) is 15.0 Å². The third-order valence-corrected chi connectivity index (χ3v) is 3.95. The van der Waals surface area contributed by atoms with Gasteiger partial charge in [0.05, 0.1) is 12.3 Å². The Morgan fingerprint density at radius 1 is 0.960 bits per heavy atom. The second-order valence-corrected chi connectivity index (χ2v) is 5.83. The number of rotatable bonds is 0. The van der Waals surface area contributed by atoms with Crippen LogP contribution in [0.3, 0.4) is 0 Å². The highest BCUT2D eigenvalue weighted by atomic mass is 16.5. The van der Waals surface area contributed by atoms with Crippen LogP contribution in [-0.4, -0.2) is 28.1 Å². The molecule has 6 nitrogen and oxygen atoms in total. The Morgan fingerprint density at radius 3 is 2.92 bits per heavy atom. The average molecular weight is 333 g/mol. The summed E-state index contributed by atoms with van der Waals surface area (Å²) in [6, 6.07) is 13.7. The number of fused-ring (bicyclic) bond motifs is 7. The largest absolute Gasteiger partial charge is 0.494 e. The summed E-state index contributed by atoms with van der Waals surface area (Å²) in [5.41, 5.74) is 2.76. The monoisotopic (exact) mass is 333 g/mol. The molecule has 1 aliphatic heterocycles. The Balaban J connectivity index is 1.70. The number of aromatic nitrogens is 3. The Morgan fingerprint density at radius 2 is 1.92 bits per heavy atom. The van der Waals surface area contributed by atoms with E-state index in [0.717, 1.165) is 47.9 Å². The van der Waals surface area contributed by atoms with E-state index in [2.05, 4.69) is 25.6 Å². The van der Waals surface area contributed by atoms with Crippen LogP contribution < -0.4 is 15.4 Å². The van der Waals surface area contributed by atoms with E-state index in [4.69, 9.17) is 4.74 Å². The van der Waals surface area contributed by atoms with Gasteiger partial charge in [0.2, 0.25) is 5.95 Å². The van der Waals surface area contributed by atoms with E-state index < -0.39 is 0 Å². The van der Waals surface area contributed by atoms with Gasteiger partial charge in [-0.25, -0.2) is 15.0 Å². The second kappa shape index (κ2) is 7.17. The zero-order valence-electron chi connectivity index (χ0n) is 13.8. The lowest BCUT2D eigenvalue weighted by Crippen LogP contribution is -2.06. The summed E-state index contributed by atoms with van der Waals surface area (Å²) in [7, 11) is 0.